The van der Waals surface area contributed by atoms with E-state index >= 15 is 0 Å². The van der Waals surface area contributed by atoms with Gasteiger partial charge in [-0.3, -0.25) is 0 Å². The summed E-state index contributed by atoms with van der Waals surface area (Å²) >= 11 is 0. The lowest BCUT2D eigenvalue weighted by atomic mass is 10.3. The van der Waals surface area contributed by atoms with E-state index in [1.54, 1.807) is 0 Å². The van der Waals surface area contributed by atoms with E-state index < -0.39 is 0 Å². The molecule has 0 atom stereocenters. The lowest BCUT2D eigenvalue weighted by molar-refractivity contribution is 1.27. The molecule has 0 saturated heterocycles. The predicted molar refractivity (Wildman–Crippen MR) is 40.4 cm³/mol. The third kappa shape index (κ3) is 6.99. The van der Waals surface area contributed by atoms with Crippen LogP contribution in [0.2, 0.25) is 0 Å². The Balaban J connectivity index is 3.28. The molecule has 0 bridgehead atoms. The summed E-state index contributed by atoms with van der Waals surface area (Å²) in [6.45, 7) is 5.61. The Morgan fingerprint density at radius 1 is 1.11 bits per heavy atom. The van der Waals surface area contributed by atoms with Crippen LogP contribution in [0.3, 0.4) is 0 Å². The van der Waals surface area contributed by atoms with Crippen LogP contribution in [0.4, 0.5) is 0 Å². The molecular formula is C9H11+. The zero-order chi connectivity index (χ0) is 6.95. The minimum Gasteiger partial charge on any atom is -0.103 e. The van der Waals surface area contributed by atoms with Crippen LogP contribution in [0.5, 0.6) is 0 Å². The van der Waals surface area contributed by atoms with Gasteiger partial charge in [-0.25, -0.2) is 0 Å². The Morgan fingerprint density at radius 3 is 2.33 bits per heavy atom. The fraction of sp³-hybridized carbons (Fsp3) is 0.444. The highest BCUT2D eigenvalue weighted by Gasteiger charge is 1.67. The molecule has 0 fully saturated rings. The van der Waals surface area contributed by atoms with Gasteiger partial charge in [0.2, 0.25) is 0 Å². The summed E-state index contributed by atoms with van der Waals surface area (Å²) in [5.41, 5.74) is 0. The molecule has 0 saturated carbocycles. The van der Waals surface area contributed by atoms with Crippen LogP contribution < -0.4 is 0 Å². The van der Waals surface area contributed by atoms with E-state index in [9.17, 15) is 0 Å². The van der Waals surface area contributed by atoms with Crippen molar-refractivity contribution in [3.05, 3.63) is 6.92 Å². The average molecular weight is 119 g/mol. The normalized spacial score (nSPS) is 6.33. The van der Waals surface area contributed by atoms with Gasteiger partial charge < -0.3 is 0 Å². The first-order chi connectivity index (χ1) is 4.41. The molecule has 9 heavy (non-hydrogen) atoms. The second kappa shape index (κ2) is 6.99. The van der Waals surface area contributed by atoms with Gasteiger partial charge in [0.15, 0.2) is 0 Å². The van der Waals surface area contributed by atoms with Crippen molar-refractivity contribution in [2.45, 2.75) is 26.2 Å². The molecule has 0 aliphatic carbocycles. The van der Waals surface area contributed by atoms with Crippen molar-refractivity contribution in [2.75, 3.05) is 0 Å². The van der Waals surface area contributed by atoms with Gasteiger partial charge in [-0.1, -0.05) is 24.7 Å². The molecule has 0 N–H and O–H groups in total. The molecule has 0 nitrogen and oxygen atoms in total. The standard InChI is InChI=1S/C9H11/c1-3-5-7-9-8-6-4-2/h1,3-4,9H2,2H3/q+1. The summed E-state index contributed by atoms with van der Waals surface area (Å²) in [5.74, 6) is 11.6. The van der Waals surface area contributed by atoms with E-state index in [0.717, 1.165) is 6.42 Å². The van der Waals surface area contributed by atoms with Crippen molar-refractivity contribution >= 4 is 0 Å². The van der Waals surface area contributed by atoms with Gasteiger partial charge in [0.1, 0.15) is 6.42 Å². The van der Waals surface area contributed by atoms with Crippen LogP contribution >= 0.6 is 0 Å². The smallest absolute Gasteiger partial charge is 0.103 e. The van der Waals surface area contributed by atoms with Crippen molar-refractivity contribution in [3.63, 3.8) is 0 Å². The predicted octanol–water partition coefficient (Wildman–Crippen LogP) is 2.02. The lowest BCUT2D eigenvalue weighted by Gasteiger charge is -1.68. The Hall–Kier alpha value is -1.01. The molecule has 0 rings (SSSR count). The summed E-state index contributed by atoms with van der Waals surface area (Å²) in [7, 11) is 0. The van der Waals surface area contributed by atoms with Crippen LogP contribution in [0.15, 0.2) is 0 Å². The van der Waals surface area contributed by atoms with Crippen molar-refractivity contribution in [2.24, 2.45) is 0 Å². The van der Waals surface area contributed by atoms with Crippen molar-refractivity contribution < 1.29 is 0 Å². The minimum absolute atomic E-state index is 0.688. The van der Waals surface area contributed by atoms with Crippen molar-refractivity contribution in [1.82, 2.24) is 0 Å². The maximum absolute atomic E-state index is 3.58. The molecular weight excluding hydrogens is 108 g/mol. The highest BCUT2D eigenvalue weighted by atomic mass is 13.7. The molecule has 0 aliphatic rings. The average Bonchev–Trinajstić information content (AvgIpc) is 1.89. The van der Waals surface area contributed by atoms with Gasteiger partial charge in [0.25, 0.3) is 0 Å². The summed E-state index contributed by atoms with van der Waals surface area (Å²) in [6.07, 6.45) is 2.31. The second-order valence-electron chi connectivity index (χ2n) is 1.49. The Labute approximate surface area is 57.7 Å². The zero-order valence-corrected chi connectivity index (χ0v) is 5.83. The maximum Gasteiger partial charge on any atom is 0.145 e. The number of rotatable bonds is 0. The lowest BCUT2D eigenvalue weighted by Crippen LogP contribution is -1.60. The van der Waals surface area contributed by atoms with Gasteiger partial charge >= 0.3 is 0 Å². The Kier molecular flexibility index (Phi) is 6.21. The molecule has 0 aromatic heterocycles. The quantitative estimate of drug-likeness (QED) is 0.338. The number of hydrogen-bond donors (Lipinski definition) is 0. The van der Waals surface area contributed by atoms with Crippen molar-refractivity contribution in [3.8, 4) is 23.7 Å². The molecule has 0 heteroatoms. The SMILES string of the molecule is [CH2+]CC#CCC#CCC. The number of hydrogen-bond acceptors (Lipinski definition) is 0. The zero-order valence-electron chi connectivity index (χ0n) is 5.83. The maximum atomic E-state index is 3.58. The third-order valence-corrected chi connectivity index (χ3v) is 0.729. The largest absolute Gasteiger partial charge is 0.145 e. The van der Waals surface area contributed by atoms with Gasteiger partial charge in [-0.15, -0.1) is 5.92 Å². The van der Waals surface area contributed by atoms with Crippen LogP contribution in [-0.4, -0.2) is 0 Å². The second-order valence-corrected chi connectivity index (χ2v) is 1.49. The van der Waals surface area contributed by atoms with Crippen LogP contribution in [0, 0.1) is 30.6 Å². The first-order valence-electron chi connectivity index (χ1n) is 3.12. The third-order valence-electron chi connectivity index (χ3n) is 0.729. The summed E-state index contributed by atoms with van der Waals surface area (Å²) in [4.78, 5) is 0. The van der Waals surface area contributed by atoms with Gasteiger partial charge in [-0.2, -0.15) is 0 Å². The molecule has 0 aromatic carbocycles. The molecule has 0 radical (unpaired) electrons. The Morgan fingerprint density at radius 2 is 1.78 bits per heavy atom. The molecule has 0 spiro atoms. The molecule has 0 aliphatic heterocycles. The topological polar surface area (TPSA) is 0 Å². The molecule has 0 aromatic rings. The fourth-order valence-corrected chi connectivity index (χ4v) is 0.383. The van der Waals surface area contributed by atoms with Crippen LogP contribution in [0.25, 0.3) is 0 Å². The van der Waals surface area contributed by atoms with E-state index in [4.69, 9.17) is 0 Å². The van der Waals surface area contributed by atoms with Crippen LogP contribution in [0.1, 0.15) is 26.2 Å². The van der Waals surface area contributed by atoms with E-state index in [1.807, 2.05) is 6.92 Å². The van der Waals surface area contributed by atoms with E-state index in [0.29, 0.717) is 12.8 Å². The first-order valence-corrected chi connectivity index (χ1v) is 3.12. The van der Waals surface area contributed by atoms with Gasteiger partial charge in [0, 0.05) is 6.42 Å². The van der Waals surface area contributed by atoms with E-state index in [2.05, 4.69) is 30.6 Å². The van der Waals surface area contributed by atoms with Gasteiger partial charge in [0.05, 0.1) is 13.3 Å². The van der Waals surface area contributed by atoms with Crippen LogP contribution in [-0.2, 0) is 0 Å². The van der Waals surface area contributed by atoms with Crippen molar-refractivity contribution in [1.29, 1.82) is 0 Å². The van der Waals surface area contributed by atoms with Gasteiger partial charge in [-0.05, 0) is 0 Å². The monoisotopic (exact) mass is 119 g/mol. The minimum atomic E-state index is 0.688. The van der Waals surface area contributed by atoms with E-state index in [1.165, 1.54) is 0 Å². The highest BCUT2D eigenvalue weighted by Crippen LogP contribution is 1.74. The summed E-state index contributed by atoms with van der Waals surface area (Å²) < 4.78 is 0. The molecule has 46 valence electrons. The summed E-state index contributed by atoms with van der Waals surface area (Å²) in [5, 5.41) is 0. The summed E-state index contributed by atoms with van der Waals surface area (Å²) in [6, 6.07) is 0. The first kappa shape index (κ1) is 7.99. The Bertz CT molecular complexity index is 136. The molecule has 0 amide bonds. The molecule has 0 unspecified atom stereocenters. The van der Waals surface area contributed by atoms with E-state index in [-0.39, 0.29) is 0 Å². The fourth-order valence-electron chi connectivity index (χ4n) is 0.383. The molecule has 0 heterocycles. The highest BCUT2D eigenvalue weighted by molar-refractivity contribution is 5.11.